The maximum absolute atomic E-state index is 4.42. The quantitative estimate of drug-likeness (QED) is 0.672. The van der Waals surface area contributed by atoms with Crippen molar-refractivity contribution in [2.45, 2.75) is 19.8 Å². The number of anilines is 1. The number of nitrogens with zero attached hydrogens (tertiary/aromatic N) is 2. The standard InChI is InChI=1S/C10H14N2S/c1-2-9-8-11-10(13-9)12-6-4-3-5-7-12/h3-4,8H,2,5-7H2,1H3. The Bertz CT molecular complexity index is 304. The van der Waals surface area contributed by atoms with Gasteiger partial charge in [0.25, 0.3) is 0 Å². The molecule has 0 fully saturated rings. The molecule has 0 atom stereocenters. The Balaban J connectivity index is 2.10. The highest BCUT2D eigenvalue weighted by molar-refractivity contribution is 7.15. The molecule has 0 aromatic carbocycles. The van der Waals surface area contributed by atoms with Crippen molar-refractivity contribution >= 4 is 16.5 Å². The first kappa shape index (κ1) is 8.75. The van der Waals surface area contributed by atoms with Crippen molar-refractivity contribution in [3.63, 3.8) is 0 Å². The maximum atomic E-state index is 4.42. The normalized spacial score (nSPS) is 16.5. The zero-order valence-electron chi connectivity index (χ0n) is 7.86. The molecule has 0 saturated heterocycles. The summed E-state index contributed by atoms with van der Waals surface area (Å²) < 4.78 is 0. The molecule has 1 aliphatic heterocycles. The van der Waals surface area contributed by atoms with Crippen LogP contribution in [0.3, 0.4) is 0 Å². The number of aryl methyl sites for hydroxylation is 1. The molecule has 2 nitrogen and oxygen atoms in total. The molecule has 1 aromatic rings. The summed E-state index contributed by atoms with van der Waals surface area (Å²) in [5, 5.41) is 1.18. The maximum Gasteiger partial charge on any atom is 0.185 e. The number of hydrogen-bond acceptors (Lipinski definition) is 3. The summed E-state index contributed by atoms with van der Waals surface area (Å²) in [6.07, 6.45) is 8.71. The van der Waals surface area contributed by atoms with Crippen LogP contribution in [-0.2, 0) is 6.42 Å². The van der Waals surface area contributed by atoms with Crippen molar-refractivity contribution < 1.29 is 0 Å². The summed E-state index contributed by atoms with van der Waals surface area (Å²) in [5.41, 5.74) is 0. The summed E-state index contributed by atoms with van der Waals surface area (Å²) in [7, 11) is 0. The highest BCUT2D eigenvalue weighted by atomic mass is 32.1. The van der Waals surface area contributed by atoms with Gasteiger partial charge in [0.05, 0.1) is 0 Å². The lowest BCUT2D eigenvalue weighted by atomic mass is 10.3. The lowest BCUT2D eigenvalue weighted by Gasteiger charge is -2.22. The second-order valence-electron chi connectivity index (χ2n) is 3.17. The third-order valence-corrected chi connectivity index (χ3v) is 3.42. The second kappa shape index (κ2) is 3.92. The lowest BCUT2D eigenvalue weighted by molar-refractivity contribution is 0.816. The fourth-order valence-corrected chi connectivity index (χ4v) is 2.31. The van der Waals surface area contributed by atoms with E-state index in [0.717, 1.165) is 25.9 Å². The molecular formula is C10H14N2S. The summed E-state index contributed by atoms with van der Waals surface area (Å²) in [5.74, 6) is 0. The van der Waals surface area contributed by atoms with E-state index in [1.165, 1.54) is 10.0 Å². The van der Waals surface area contributed by atoms with Gasteiger partial charge in [-0.05, 0) is 12.8 Å². The van der Waals surface area contributed by atoms with E-state index < -0.39 is 0 Å². The van der Waals surface area contributed by atoms with Crippen LogP contribution in [0.5, 0.6) is 0 Å². The van der Waals surface area contributed by atoms with E-state index in [-0.39, 0.29) is 0 Å². The molecule has 3 heteroatoms. The Hall–Kier alpha value is -0.830. The Morgan fingerprint density at radius 1 is 1.54 bits per heavy atom. The van der Waals surface area contributed by atoms with Crippen LogP contribution in [-0.4, -0.2) is 18.1 Å². The van der Waals surface area contributed by atoms with Crippen LogP contribution in [0.1, 0.15) is 18.2 Å². The summed E-state index contributed by atoms with van der Waals surface area (Å²) in [4.78, 5) is 8.14. The van der Waals surface area contributed by atoms with Crippen molar-refractivity contribution in [2.24, 2.45) is 0 Å². The summed E-state index contributed by atoms with van der Waals surface area (Å²) in [6.45, 7) is 4.32. The first-order valence-electron chi connectivity index (χ1n) is 4.75. The van der Waals surface area contributed by atoms with Gasteiger partial charge in [0.15, 0.2) is 5.13 Å². The predicted octanol–water partition coefficient (Wildman–Crippen LogP) is 2.47. The predicted molar refractivity (Wildman–Crippen MR) is 57.5 cm³/mol. The van der Waals surface area contributed by atoms with Gasteiger partial charge in [-0.15, -0.1) is 11.3 Å². The minimum Gasteiger partial charge on any atom is -0.344 e. The first-order valence-corrected chi connectivity index (χ1v) is 5.56. The van der Waals surface area contributed by atoms with Gasteiger partial charge in [0.1, 0.15) is 0 Å². The van der Waals surface area contributed by atoms with Gasteiger partial charge in [0.2, 0.25) is 0 Å². The minimum atomic E-state index is 1.02. The molecule has 0 saturated carbocycles. The molecule has 0 aliphatic carbocycles. The number of hydrogen-bond donors (Lipinski definition) is 0. The van der Waals surface area contributed by atoms with Gasteiger partial charge in [-0.2, -0.15) is 0 Å². The van der Waals surface area contributed by atoms with Crippen LogP contribution in [0.2, 0.25) is 0 Å². The van der Waals surface area contributed by atoms with E-state index in [1.54, 1.807) is 0 Å². The highest BCUT2D eigenvalue weighted by Crippen LogP contribution is 2.23. The smallest absolute Gasteiger partial charge is 0.185 e. The second-order valence-corrected chi connectivity index (χ2v) is 4.26. The van der Waals surface area contributed by atoms with E-state index in [1.807, 2.05) is 17.5 Å². The zero-order valence-corrected chi connectivity index (χ0v) is 8.68. The molecule has 0 amide bonds. The topological polar surface area (TPSA) is 16.1 Å². The molecule has 0 N–H and O–H groups in total. The molecule has 1 aliphatic rings. The van der Waals surface area contributed by atoms with Gasteiger partial charge in [-0.3, -0.25) is 0 Å². The van der Waals surface area contributed by atoms with Gasteiger partial charge >= 0.3 is 0 Å². The van der Waals surface area contributed by atoms with Gasteiger partial charge < -0.3 is 4.90 Å². The average molecular weight is 194 g/mol. The van der Waals surface area contributed by atoms with E-state index in [9.17, 15) is 0 Å². The van der Waals surface area contributed by atoms with Crippen molar-refractivity contribution in [1.29, 1.82) is 0 Å². The van der Waals surface area contributed by atoms with Crippen LogP contribution in [0.25, 0.3) is 0 Å². The average Bonchev–Trinajstić information content (AvgIpc) is 2.67. The van der Waals surface area contributed by atoms with Crippen molar-refractivity contribution in [3.05, 3.63) is 23.2 Å². The van der Waals surface area contributed by atoms with Gasteiger partial charge in [-0.25, -0.2) is 4.98 Å². The zero-order chi connectivity index (χ0) is 9.10. The monoisotopic (exact) mass is 194 g/mol. The van der Waals surface area contributed by atoms with Crippen LogP contribution < -0.4 is 4.90 Å². The lowest BCUT2D eigenvalue weighted by Crippen LogP contribution is -2.26. The van der Waals surface area contributed by atoms with Crippen LogP contribution in [0.4, 0.5) is 5.13 Å². The Labute approximate surface area is 82.9 Å². The first-order chi connectivity index (χ1) is 6.40. The van der Waals surface area contributed by atoms with E-state index in [0.29, 0.717) is 0 Å². The SMILES string of the molecule is CCc1cnc(N2CC=CCC2)s1. The van der Waals surface area contributed by atoms with E-state index >= 15 is 0 Å². The fourth-order valence-electron chi connectivity index (χ4n) is 1.42. The number of thiazole rings is 1. The van der Waals surface area contributed by atoms with Crippen LogP contribution in [0.15, 0.2) is 18.3 Å². The van der Waals surface area contributed by atoms with Crippen molar-refractivity contribution in [1.82, 2.24) is 4.98 Å². The third kappa shape index (κ3) is 1.91. The van der Waals surface area contributed by atoms with E-state index in [2.05, 4.69) is 29.0 Å². The molecule has 13 heavy (non-hydrogen) atoms. The van der Waals surface area contributed by atoms with E-state index in [4.69, 9.17) is 0 Å². The molecule has 70 valence electrons. The minimum absolute atomic E-state index is 1.02. The van der Waals surface area contributed by atoms with Crippen molar-refractivity contribution in [2.75, 3.05) is 18.0 Å². The molecular weight excluding hydrogens is 180 g/mol. The third-order valence-electron chi connectivity index (χ3n) is 2.22. The Morgan fingerprint density at radius 2 is 2.46 bits per heavy atom. The van der Waals surface area contributed by atoms with Crippen molar-refractivity contribution in [3.8, 4) is 0 Å². The molecule has 2 heterocycles. The van der Waals surface area contributed by atoms with Gasteiger partial charge in [-0.1, -0.05) is 19.1 Å². The molecule has 0 unspecified atom stereocenters. The number of aromatic nitrogens is 1. The largest absolute Gasteiger partial charge is 0.344 e. The summed E-state index contributed by atoms with van der Waals surface area (Å²) in [6, 6.07) is 0. The fraction of sp³-hybridized carbons (Fsp3) is 0.500. The highest BCUT2D eigenvalue weighted by Gasteiger charge is 2.10. The Morgan fingerprint density at radius 3 is 3.08 bits per heavy atom. The molecule has 0 bridgehead atoms. The summed E-state index contributed by atoms with van der Waals surface area (Å²) >= 11 is 1.82. The number of rotatable bonds is 2. The molecule has 0 radical (unpaired) electrons. The molecule has 2 rings (SSSR count). The molecule has 1 aromatic heterocycles. The van der Waals surface area contributed by atoms with Crippen LogP contribution >= 0.6 is 11.3 Å². The van der Waals surface area contributed by atoms with Gasteiger partial charge in [0, 0.05) is 24.2 Å². The van der Waals surface area contributed by atoms with Crippen LogP contribution in [0, 0.1) is 0 Å². The molecule has 0 spiro atoms. The Kier molecular flexibility index (Phi) is 2.64.